The van der Waals surface area contributed by atoms with Crippen LogP contribution in [-0.2, 0) is 0 Å². The Morgan fingerprint density at radius 1 is 1.24 bits per heavy atom. The van der Waals surface area contributed by atoms with Gasteiger partial charge in [0.05, 0.1) is 0 Å². The summed E-state index contributed by atoms with van der Waals surface area (Å²) in [7, 11) is 0. The molecule has 3 aromatic heterocycles. The molecule has 0 amide bonds. The molecule has 0 unspecified atom stereocenters. The summed E-state index contributed by atoms with van der Waals surface area (Å²) in [4.78, 5) is 8.55. The highest BCUT2D eigenvalue weighted by Crippen LogP contribution is 2.17. The van der Waals surface area contributed by atoms with Crippen LogP contribution in [0.2, 0.25) is 5.02 Å². The molecule has 0 aliphatic heterocycles. The van der Waals surface area contributed by atoms with Crippen molar-refractivity contribution in [1.29, 1.82) is 0 Å². The predicted octanol–water partition coefficient (Wildman–Crippen LogP) is 2.75. The summed E-state index contributed by atoms with van der Waals surface area (Å²) < 4.78 is 1.70. The molecular formula is C12H9ClN4. The quantitative estimate of drug-likeness (QED) is 0.661. The zero-order chi connectivity index (χ0) is 11.8. The lowest BCUT2D eigenvalue weighted by atomic mass is 10.2. The number of pyridine rings is 2. The number of fused-ring (bicyclic) bond motifs is 1. The van der Waals surface area contributed by atoms with E-state index >= 15 is 0 Å². The van der Waals surface area contributed by atoms with E-state index in [9.17, 15) is 0 Å². The molecule has 0 aliphatic carbocycles. The van der Waals surface area contributed by atoms with Crippen LogP contribution in [0, 0.1) is 6.92 Å². The highest BCUT2D eigenvalue weighted by molar-refractivity contribution is 6.30. The van der Waals surface area contributed by atoms with Crippen molar-refractivity contribution in [2.75, 3.05) is 0 Å². The average molecular weight is 245 g/mol. The van der Waals surface area contributed by atoms with Gasteiger partial charge in [0.1, 0.15) is 0 Å². The number of aromatic nitrogens is 4. The summed E-state index contributed by atoms with van der Waals surface area (Å²) >= 11 is 5.91. The fourth-order valence-electron chi connectivity index (χ4n) is 1.66. The van der Waals surface area contributed by atoms with Crippen LogP contribution in [0.4, 0.5) is 0 Å². The van der Waals surface area contributed by atoms with Gasteiger partial charge in [0.15, 0.2) is 11.5 Å². The molecule has 84 valence electrons. The van der Waals surface area contributed by atoms with Crippen LogP contribution in [0.15, 0.2) is 36.8 Å². The first-order chi connectivity index (χ1) is 8.22. The second-order valence-electron chi connectivity index (χ2n) is 3.83. The number of hydrogen-bond donors (Lipinski definition) is 0. The van der Waals surface area contributed by atoms with Gasteiger partial charge in [-0.25, -0.2) is 9.50 Å². The third kappa shape index (κ3) is 1.87. The maximum atomic E-state index is 5.91. The summed E-state index contributed by atoms with van der Waals surface area (Å²) in [6.45, 7) is 1.99. The van der Waals surface area contributed by atoms with Gasteiger partial charge in [-0.15, -0.1) is 5.10 Å². The summed E-state index contributed by atoms with van der Waals surface area (Å²) in [6.07, 6.45) is 5.34. The van der Waals surface area contributed by atoms with Crippen molar-refractivity contribution < 1.29 is 0 Å². The van der Waals surface area contributed by atoms with Crippen LogP contribution in [-0.4, -0.2) is 19.6 Å². The van der Waals surface area contributed by atoms with Crippen molar-refractivity contribution in [1.82, 2.24) is 19.6 Å². The molecule has 3 aromatic rings. The van der Waals surface area contributed by atoms with E-state index in [-0.39, 0.29) is 0 Å². The van der Waals surface area contributed by atoms with Crippen LogP contribution < -0.4 is 0 Å². The fraction of sp³-hybridized carbons (Fsp3) is 0.0833. The second kappa shape index (κ2) is 3.82. The van der Waals surface area contributed by atoms with Gasteiger partial charge < -0.3 is 0 Å². The Morgan fingerprint density at radius 2 is 2.12 bits per heavy atom. The van der Waals surface area contributed by atoms with Gasteiger partial charge in [-0.2, -0.15) is 0 Å². The first kappa shape index (κ1) is 10.2. The lowest BCUT2D eigenvalue weighted by Gasteiger charge is -1.94. The Morgan fingerprint density at radius 3 is 2.94 bits per heavy atom. The third-order valence-electron chi connectivity index (χ3n) is 2.43. The van der Waals surface area contributed by atoms with Gasteiger partial charge in [-0.3, -0.25) is 4.98 Å². The van der Waals surface area contributed by atoms with Crippen LogP contribution in [0.25, 0.3) is 17.0 Å². The van der Waals surface area contributed by atoms with Crippen LogP contribution >= 0.6 is 11.6 Å². The summed E-state index contributed by atoms with van der Waals surface area (Å²) in [5.74, 6) is 0.656. The first-order valence-corrected chi connectivity index (χ1v) is 5.54. The molecule has 0 atom stereocenters. The van der Waals surface area contributed by atoms with Crippen LogP contribution in [0.5, 0.6) is 0 Å². The minimum atomic E-state index is 0.652. The Hall–Kier alpha value is -1.94. The molecule has 0 saturated heterocycles. The average Bonchev–Trinajstić information content (AvgIpc) is 2.72. The maximum absolute atomic E-state index is 5.91. The molecule has 3 rings (SSSR count). The van der Waals surface area contributed by atoms with Crippen molar-refractivity contribution in [3.63, 3.8) is 0 Å². The van der Waals surface area contributed by atoms with E-state index < -0.39 is 0 Å². The van der Waals surface area contributed by atoms with Crippen molar-refractivity contribution >= 4 is 17.2 Å². The van der Waals surface area contributed by atoms with Gasteiger partial charge >= 0.3 is 0 Å². The normalized spacial score (nSPS) is 10.9. The standard InChI is InChI=1S/C12H9ClN4/c1-8-4-9(7-14-6-8)12-15-11-5-10(13)2-3-17(11)16-12/h2-7H,1H3. The molecule has 0 spiro atoms. The molecule has 0 saturated carbocycles. The zero-order valence-corrected chi connectivity index (χ0v) is 9.89. The van der Waals surface area contributed by atoms with Crippen molar-refractivity contribution in [2.24, 2.45) is 0 Å². The van der Waals surface area contributed by atoms with Crippen LogP contribution in [0.3, 0.4) is 0 Å². The Bertz CT molecular complexity index is 690. The first-order valence-electron chi connectivity index (χ1n) is 5.16. The summed E-state index contributed by atoms with van der Waals surface area (Å²) in [5, 5.41) is 5.02. The zero-order valence-electron chi connectivity index (χ0n) is 9.13. The van der Waals surface area contributed by atoms with E-state index in [1.807, 2.05) is 13.0 Å². The van der Waals surface area contributed by atoms with Crippen molar-refractivity contribution in [2.45, 2.75) is 6.92 Å². The lowest BCUT2D eigenvalue weighted by molar-refractivity contribution is 0.965. The lowest BCUT2D eigenvalue weighted by Crippen LogP contribution is -1.86. The Kier molecular flexibility index (Phi) is 2.30. The molecular weight excluding hydrogens is 236 g/mol. The monoisotopic (exact) mass is 244 g/mol. The van der Waals surface area contributed by atoms with Crippen LogP contribution in [0.1, 0.15) is 5.56 Å². The largest absolute Gasteiger partial charge is 0.264 e. The predicted molar refractivity (Wildman–Crippen MR) is 66.0 cm³/mol. The van der Waals surface area contributed by atoms with Gasteiger partial charge in [0, 0.05) is 35.2 Å². The van der Waals surface area contributed by atoms with E-state index in [0.717, 1.165) is 16.8 Å². The molecule has 0 aliphatic rings. The van der Waals surface area contributed by atoms with Crippen molar-refractivity contribution in [3.8, 4) is 11.4 Å². The fourth-order valence-corrected chi connectivity index (χ4v) is 1.81. The summed E-state index contributed by atoms with van der Waals surface area (Å²) in [5.41, 5.74) is 2.72. The molecule has 4 nitrogen and oxygen atoms in total. The minimum absolute atomic E-state index is 0.652. The number of nitrogens with zero attached hydrogens (tertiary/aromatic N) is 4. The number of aryl methyl sites for hydroxylation is 1. The molecule has 17 heavy (non-hydrogen) atoms. The van der Waals surface area contributed by atoms with E-state index in [1.54, 1.807) is 35.2 Å². The molecule has 0 aromatic carbocycles. The van der Waals surface area contributed by atoms with E-state index in [4.69, 9.17) is 11.6 Å². The smallest absolute Gasteiger partial charge is 0.183 e. The number of rotatable bonds is 1. The molecule has 0 N–H and O–H groups in total. The Balaban J connectivity index is 2.18. The highest BCUT2D eigenvalue weighted by atomic mass is 35.5. The SMILES string of the molecule is Cc1cncc(-c2nc3cc(Cl)ccn3n2)c1. The van der Waals surface area contributed by atoms with E-state index in [2.05, 4.69) is 15.1 Å². The Labute approximate surface area is 103 Å². The van der Waals surface area contributed by atoms with E-state index in [1.165, 1.54) is 0 Å². The van der Waals surface area contributed by atoms with E-state index in [0.29, 0.717) is 10.8 Å². The summed E-state index contributed by atoms with van der Waals surface area (Å²) in [6, 6.07) is 5.56. The number of hydrogen-bond acceptors (Lipinski definition) is 3. The molecule has 0 fully saturated rings. The molecule has 3 heterocycles. The minimum Gasteiger partial charge on any atom is -0.264 e. The number of halogens is 1. The molecule has 5 heteroatoms. The van der Waals surface area contributed by atoms with Gasteiger partial charge in [-0.1, -0.05) is 11.6 Å². The van der Waals surface area contributed by atoms with Gasteiger partial charge in [-0.05, 0) is 24.6 Å². The third-order valence-corrected chi connectivity index (χ3v) is 2.67. The van der Waals surface area contributed by atoms with Gasteiger partial charge in [0.25, 0.3) is 0 Å². The van der Waals surface area contributed by atoms with Gasteiger partial charge in [0.2, 0.25) is 0 Å². The van der Waals surface area contributed by atoms with Crippen molar-refractivity contribution in [3.05, 3.63) is 47.4 Å². The highest BCUT2D eigenvalue weighted by Gasteiger charge is 2.06. The second-order valence-corrected chi connectivity index (χ2v) is 4.27. The molecule has 0 bridgehead atoms. The maximum Gasteiger partial charge on any atom is 0.183 e. The topological polar surface area (TPSA) is 43.1 Å². The molecule has 0 radical (unpaired) electrons.